The second-order valence-corrected chi connectivity index (χ2v) is 9.04. The molecule has 0 spiro atoms. The third-order valence-corrected chi connectivity index (χ3v) is 6.98. The van der Waals surface area contributed by atoms with Gasteiger partial charge in [0.15, 0.2) is 5.82 Å². The van der Waals surface area contributed by atoms with Gasteiger partial charge in [0.25, 0.3) is 0 Å². The van der Waals surface area contributed by atoms with Gasteiger partial charge in [-0.25, -0.2) is 18.1 Å². The van der Waals surface area contributed by atoms with Crippen molar-refractivity contribution in [3.63, 3.8) is 0 Å². The minimum Gasteiger partial charge on any atom is -0.338 e. The maximum Gasteiger partial charge on any atom is 0.244 e. The molecule has 3 aromatic rings. The Morgan fingerprint density at radius 3 is 2.17 bits per heavy atom. The molecule has 0 saturated carbocycles. The Hall–Kier alpha value is -3.04. The van der Waals surface area contributed by atoms with Gasteiger partial charge in [-0.1, -0.05) is 48.5 Å². The van der Waals surface area contributed by atoms with Crippen LogP contribution in [0.15, 0.2) is 65.6 Å². The summed E-state index contributed by atoms with van der Waals surface area (Å²) in [5, 5.41) is 4.37. The molecule has 1 amide bonds. The lowest BCUT2D eigenvalue weighted by molar-refractivity contribution is -0.133. The zero-order valence-electron chi connectivity index (χ0n) is 16.7. The lowest BCUT2D eigenvalue weighted by Gasteiger charge is -2.34. The summed E-state index contributed by atoms with van der Waals surface area (Å²) >= 11 is 0. The highest BCUT2D eigenvalue weighted by atomic mass is 32.2. The number of nitrogens with zero attached hydrogens (tertiary/aromatic N) is 5. The van der Waals surface area contributed by atoms with Crippen LogP contribution in [0.1, 0.15) is 5.82 Å². The van der Waals surface area contributed by atoms with Crippen LogP contribution in [0.25, 0.3) is 11.4 Å². The Morgan fingerprint density at radius 2 is 1.53 bits per heavy atom. The Labute approximate surface area is 175 Å². The number of piperazine rings is 1. The van der Waals surface area contributed by atoms with Crippen molar-refractivity contribution < 1.29 is 13.2 Å². The molecule has 2 aromatic carbocycles. The number of aryl methyl sites for hydroxylation is 1. The summed E-state index contributed by atoms with van der Waals surface area (Å²) in [6.45, 7) is 3.09. The van der Waals surface area contributed by atoms with Crippen molar-refractivity contribution in [2.75, 3.05) is 26.2 Å². The monoisotopic (exact) mass is 425 g/mol. The molecule has 30 heavy (non-hydrogen) atoms. The van der Waals surface area contributed by atoms with Crippen LogP contribution in [0, 0.1) is 6.92 Å². The topological polar surface area (TPSA) is 88.4 Å². The summed E-state index contributed by atoms with van der Waals surface area (Å²) < 4.78 is 28.6. The fourth-order valence-corrected chi connectivity index (χ4v) is 4.96. The number of aromatic nitrogens is 3. The molecule has 1 fully saturated rings. The lowest BCUT2D eigenvalue weighted by Crippen LogP contribution is -2.51. The van der Waals surface area contributed by atoms with Crippen LogP contribution in [0.3, 0.4) is 0 Å². The molecule has 1 aliphatic heterocycles. The number of carbonyl (C=O) groups is 1. The largest absolute Gasteiger partial charge is 0.338 e. The van der Waals surface area contributed by atoms with E-state index in [4.69, 9.17) is 0 Å². The van der Waals surface area contributed by atoms with Crippen LogP contribution in [0.4, 0.5) is 0 Å². The second-order valence-electron chi connectivity index (χ2n) is 7.10. The Kier molecular flexibility index (Phi) is 5.65. The number of amides is 1. The van der Waals surface area contributed by atoms with E-state index in [9.17, 15) is 13.2 Å². The lowest BCUT2D eigenvalue weighted by atomic mass is 10.2. The fourth-order valence-electron chi connectivity index (χ4n) is 3.51. The number of hydrogen-bond donors (Lipinski definition) is 0. The fraction of sp³-hybridized carbons (Fsp3) is 0.286. The van der Waals surface area contributed by atoms with Crippen molar-refractivity contribution in [3.05, 3.63) is 66.5 Å². The van der Waals surface area contributed by atoms with Crippen LogP contribution in [0.5, 0.6) is 0 Å². The van der Waals surface area contributed by atoms with Crippen LogP contribution < -0.4 is 0 Å². The van der Waals surface area contributed by atoms with Crippen LogP contribution in [-0.4, -0.2) is 64.5 Å². The molecule has 1 saturated heterocycles. The number of hydrogen-bond acceptors (Lipinski definition) is 5. The van der Waals surface area contributed by atoms with Crippen molar-refractivity contribution in [2.24, 2.45) is 0 Å². The third-order valence-electron chi connectivity index (χ3n) is 5.07. The average Bonchev–Trinajstić information content (AvgIpc) is 3.15. The molecule has 2 heterocycles. The van der Waals surface area contributed by atoms with E-state index in [1.807, 2.05) is 30.3 Å². The van der Waals surface area contributed by atoms with Gasteiger partial charge < -0.3 is 4.90 Å². The molecule has 0 N–H and O–H groups in total. The van der Waals surface area contributed by atoms with E-state index >= 15 is 0 Å². The molecule has 0 atom stereocenters. The Bertz CT molecular complexity index is 1120. The molecule has 0 bridgehead atoms. The molecule has 156 valence electrons. The van der Waals surface area contributed by atoms with E-state index in [0.717, 1.165) is 5.56 Å². The Balaban J connectivity index is 1.43. The van der Waals surface area contributed by atoms with Crippen molar-refractivity contribution >= 4 is 15.9 Å². The molecule has 0 radical (unpaired) electrons. The van der Waals surface area contributed by atoms with E-state index < -0.39 is 10.0 Å². The molecule has 4 rings (SSSR count). The molecule has 0 aliphatic carbocycles. The first-order valence-corrected chi connectivity index (χ1v) is 11.2. The SMILES string of the molecule is Cc1nc(-c2ccccc2)n(CC(=O)N2CCN(S(=O)(=O)c3ccccc3)CC2)n1. The van der Waals surface area contributed by atoms with Crippen molar-refractivity contribution in [3.8, 4) is 11.4 Å². The minimum absolute atomic E-state index is 0.0660. The quantitative estimate of drug-likeness (QED) is 0.622. The van der Waals surface area contributed by atoms with Crippen molar-refractivity contribution in [1.82, 2.24) is 24.0 Å². The minimum atomic E-state index is -3.54. The molecule has 1 aliphatic rings. The van der Waals surface area contributed by atoms with Gasteiger partial charge in [-0.3, -0.25) is 4.79 Å². The summed E-state index contributed by atoms with van der Waals surface area (Å²) in [5.41, 5.74) is 0.893. The van der Waals surface area contributed by atoms with E-state index in [-0.39, 0.29) is 30.4 Å². The van der Waals surface area contributed by atoms with E-state index in [2.05, 4.69) is 10.1 Å². The van der Waals surface area contributed by atoms with Crippen LogP contribution in [-0.2, 0) is 21.4 Å². The summed E-state index contributed by atoms with van der Waals surface area (Å²) in [6.07, 6.45) is 0. The third kappa shape index (κ3) is 4.12. The molecular weight excluding hydrogens is 402 g/mol. The normalized spacial score (nSPS) is 15.3. The van der Waals surface area contributed by atoms with Gasteiger partial charge in [-0.15, -0.1) is 0 Å². The zero-order chi connectivity index (χ0) is 21.1. The first-order valence-electron chi connectivity index (χ1n) is 9.75. The first kappa shape index (κ1) is 20.2. The van der Waals surface area contributed by atoms with E-state index in [1.54, 1.807) is 46.8 Å². The number of sulfonamides is 1. The number of rotatable bonds is 5. The molecular formula is C21H23N5O3S. The first-order chi connectivity index (χ1) is 14.4. The maximum absolute atomic E-state index is 12.9. The van der Waals surface area contributed by atoms with E-state index in [0.29, 0.717) is 24.7 Å². The maximum atomic E-state index is 12.9. The second kappa shape index (κ2) is 8.37. The van der Waals surface area contributed by atoms with Gasteiger partial charge >= 0.3 is 0 Å². The smallest absolute Gasteiger partial charge is 0.244 e. The van der Waals surface area contributed by atoms with Gasteiger partial charge in [0.2, 0.25) is 15.9 Å². The summed E-state index contributed by atoms with van der Waals surface area (Å²) in [4.78, 5) is 19.3. The zero-order valence-corrected chi connectivity index (χ0v) is 17.5. The number of carbonyl (C=O) groups excluding carboxylic acids is 1. The predicted molar refractivity (Wildman–Crippen MR) is 112 cm³/mol. The van der Waals surface area contributed by atoms with E-state index in [1.165, 1.54) is 4.31 Å². The van der Waals surface area contributed by atoms with Crippen molar-refractivity contribution in [2.45, 2.75) is 18.4 Å². The van der Waals surface area contributed by atoms with Crippen LogP contribution >= 0.6 is 0 Å². The summed E-state index contributed by atoms with van der Waals surface area (Å²) in [6, 6.07) is 18.0. The number of benzene rings is 2. The average molecular weight is 426 g/mol. The van der Waals surface area contributed by atoms with Gasteiger partial charge in [-0.2, -0.15) is 9.40 Å². The summed E-state index contributed by atoms with van der Waals surface area (Å²) in [7, 11) is -3.54. The van der Waals surface area contributed by atoms with Gasteiger partial charge in [0.1, 0.15) is 12.4 Å². The molecule has 0 unspecified atom stereocenters. The summed E-state index contributed by atoms with van der Waals surface area (Å²) in [5.74, 6) is 1.14. The predicted octanol–water partition coefficient (Wildman–Crippen LogP) is 1.79. The molecule has 8 nitrogen and oxygen atoms in total. The van der Waals surface area contributed by atoms with Gasteiger partial charge in [-0.05, 0) is 19.1 Å². The highest BCUT2D eigenvalue weighted by molar-refractivity contribution is 7.89. The van der Waals surface area contributed by atoms with Gasteiger partial charge in [0, 0.05) is 31.7 Å². The standard InChI is InChI=1S/C21H23N5O3S/c1-17-22-21(18-8-4-2-5-9-18)26(23-17)16-20(27)24-12-14-25(15-13-24)30(28,29)19-10-6-3-7-11-19/h2-11H,12-16H2,1H3. The molecule has 9 heteroatoms. The van der Waals surface area contributed by atoms with Gasteiger partial charge in [0.05, 0.1) is 4.90 Å². The Morgan fingerprint density at radius 1 is 0.933 bits per heavy atom. The van der Waals surface area contributed by atoms with Crippen molar-refractivity contribution in [1.29, 1.82) is 0 Å². The molecule has 1 aromatic heterocycles. The highest BCUT2D eigenvalue weighted by Gasteiger charge is 2.30. The van der Waals surface area contributed by atoms with Crippen LogP contribution in [0.2, 0.25) is 0 Å². The highest BCUT2D eigenvalue weighted by Crippen LogP contribution is 2.19.